The van der Waals surface area contributed by atoms with Crippen LogP contribution in [0.25, 0.3) is 123 Å². The van der Waals surface area contributed by atoms with Gasteiger partial charge < -0.3 is 83.6 Å². The van der Waals surface area contributed by atoms with Gasteiger partial charge in [0.1, 0.15) is 69.4 Å². The summed E-state index contributed by atoms with van der Waals surface area (Å²) < 4.78 is 0. The van der Waals surface area contributed by atoms with Gasteiger partial charge in [0.2, 0.25) is 0 Å². The zero-order valence-corrected chi connectivity index (χ0v) is 63.9. The van der Waals surface area contributed by atoms with E-state index in [2.05, 4.69) is 76.3 Å². The Kier molecular flexibility index (Phi) is 25.3. The largest absolute Gasteiger partial charge is 0.507 e. The normalized spacial score (nSPS) is 11.3. The molecule has 0 unspecified atom stereocenters. The Hall–Kier alpha value is -14.6. The highest BCUT2D eigenvalue weighted by molar-refractivity contribution is 6.10. The third-order valence-corrected chi connectivity index (χ3v) is 17.8. The van der Waals surface area contributed by atoms with Crippen molar-refractivity contribution in [1.29, 1.82) is 0 Å². The fraction of sp³-hybridized carbons (Fsp3) is 0.124. The number of benzene rings is 11. The maximum Gasteiger partial charge on any atom is 0.180 e. The van der Waals surface area contributed by atoms with Crippen LogP contribution in [0.5, 0.6) is 40.2 Å². The number of phenolic OH excluding ortho intramolecular Hbond substituents is 7. The quantitative estimate of drug-likeness (QED) is 0.0496. The van der Waals surface area contributed by atoms with E-state index >= 15 is 0 Å². The van der Waals surface area contributed by atoms with Gasteiger partial charge in [-0.05, 0) is 194 Å². The summed E-state index contributed by atoms with van der Waals surface area (Å²) >= 11 is 0. The van der Waals surface area contributed by atoms with Crippen molar-refractivity contribution in [3.63, 3.8) is 0 Å². The number of aryl methyl sites for hydroxylation is 1. The lowest BCUT2D eigenvalue weighted by molar-refractivity contribution is 0.460. The van der Waals surface area contributed by atoms with Gasteiger partial charge in [-0.3, -0.25) is 9.98 Å². The molecule has 11 aromatic carbocycles. The highest BCUT2D eigenvalue weighted by Crippen LogP contribution is 2.41. The molecule has 113 heavy (non-hydrogen) atoms. The zero-order valence-electron chi connectivity index (χ0n) is 63.9. The number of para-hydroxylation sites is 5. The van der Waals surface area contributed by atoms with Gasteiger partial charge in [0, 0.05) is 35.3 Å². The summed E-state index contributed by atoms with van der Waals surface area (Å²) in [6.45, 7) is 14.0. The molecule has 17 aromatic rings. The third kappa shape index (κ3) is 17.4. The molecule has 19 rings (SSSR count). The molecule has 0 saturated heterocycles. The van der Waals surface area contributed by atoms with E-state index < -0.39 is 0 Å². The number of fused-ring (bicyclic) bond motifs is 7. The van der Waals surface area contributed by atoms with E-state index in [1.807, 2.05) is 182 Å². The highest BCUT2D eigenvalue weighted by Gasteiger charge is 2.24. The van der Waals surface area contributed by atoms with Crippen molar-refractivity contribution in [2.24, 2.45) is 21.5 Å². The number of aromatic hydroxyl groups is 7. The van der Waals surface area contributed by atoms with Gasteiger partial charge in [-0.15, -0.1) is 0 Å². The average Bonchev–Trinajstić information content (AvgIpc) is 1.63. The molecule has 0 atom stereocenters. The van der Waals surface area contributed by atoms with Crippen LogP contribution in [0, 0.1) is 6.92 Å². The summed E-state index contributed by atoms with van der Waals surface area (Å²) in [5.41, 5.74) is 42.5. The Labute approximate surface area is 651 Å². The number of hydrogen-bond donors (Lipinski definition) is 16. The Morgan fingerprint density at radius 1 is 0.283 bits per heavy atom. The molecule has 0 bridgehead atoms. The maximum absolute atomic E-state index is 10.6. The number of nitrogens with one attached hydrogen (secondary N) is 5. The lowest BCUT2D eigenvalue weighted by Gasteiger charge is -2.08. The molecule has 0 spiro atoms. The first kappa shape index (κ1) is 79.4. The second-order valence-corrected chi connectivity index (χ2v) is 24.9. The van der Waals surface area contributed by atoms with Crippen LogP contribution in [-0.4, -0.2) is 116 Å². The lowest BCUT2D eigenvalue weighted by Crippen LogP contribution is -2.01. The number of aromatic amines is 5. The molecule has 0 amide bonds. The molecule has 8 heterocycles. The second kappa shape index (κ2) is 36.1. The van der Waals surface area contributed by atoms with Gasteiger partial charge in [0.05, 0.1) is 94.7 Å². The van der Waals surface area contributed by atoms with Crippen molar-refractivity contribution in [1.82, 2.24) is 54.8 Å². The van der Waals surface area contributed by atoms with Crippen molar-refractivity contribution in [2.45, 2.75) is 61.3 Å². The number of aliphatic imine (C=N–C) groups is 2. The number of aromatic nitrogens is 11. The number of pyridine rings is 1. The molecular formula is C89H89N17O7. The van der Waals surface area contributed by atoms with E-state index in [0.29, 0.717) is 85.9 Å². The van der Waals surface area contributed by atoms with Crippen molar-refractivity contribution in [2.75, 3.05) is 25.6 Å². The molecule has 0 saturated carbocycles. The summed E-state index contributed by atoms with van der Waals surface area (Å²) in [4.78, 5) is 52.4. The minimum absolute atomic E-state index is 0.0228. The number of nitrogens with zero attached hydrogens (tertiary/aromatic N) is 8. The Bertz CT molecular complexity index is 6000. The van der Waals surface area contributed by atoms with E-state index in [9.17, 15) is 35.7 Å². The van der Waals surface area contributed by atoms with E-state index in [0.717, 1.165) is 112 Å². The maximum atomic E-state index is 10.6. The van der Waals surface area contributed by atoms with Crippen LogP contribution >= 0.6 is 0 Å². The topological polar surface area (TPSA) is 427 Å². The Morgan fingerprint density at radius 2 is 0.637 bits per heavy atom. The molecule has 20 N–H and O–H groups in total. The van der Waals surface area contributed by atoms with E-state index in [1.165, 1.54) is 20.2 Å². The predicted octanol–water partition coefficient (Wildman–Crippen LogP) is 18.5. The smallest absolute Gasteiger partial charge is 0.180 e. The van der Waals surface area contributed by atoms with Crippen LogP contribution < -0.4 is 22.9 Å². The molecule has 2 aliphatic heterocycles. The first-order valence-electron chi connectivity index (χ1n) is 36.8. The molecule has 24 nitrogen and oxygen atoms in total. The van der Waals surface area contributed by atoms with Crippen LogP contribution in [-0.2, 0) is 12.8 Å². The van der Waals surface area contributed by atoms with Gasteiger partial charge >= 0.3 is 0 Å². The van der Waals surface area contributed by atoms with Crippen molar-refractivity contribution in [3.8, 4) is 108 Å². The molecular weight excluding hydrogens is 1420 g/mol. The van der Waals surface area contributed by atoms with Gasteiger partial charge in [0.15, 0.2) is 11.3 Å². The first-order chi connectivity index (χ1) is 55.1. The second-order valence-electron chi connectivity index (χ2n) is 24.9. The average molecular weight is 1510 g/mol. The van der Waals surface area contributed by atoms with E-state index in [4.69, 9.17) is 11.5 Å². The summed E-state index contributed by atoms with van der Waals surface area (Å²) in [6, 6.07) is 69.7. The number of anilines is 2. The molecule has 24 heteroatoms. The number of rotatable bonds is 8. The van der Waals surface area contributed by atoms with Crippen molar-refractivity contribution < 1.29 is 35.7 Å². The molecule has 0 radical (unpaired) electrons. The highest BCUT2D eigenvalue weighted by atomic mass is 16.3. The molecule has 2 aliphatic rings. The summed E-state index contributed by atoms with van der Waals surface area (Å²) in [7, 11) is 3.00. The molecule has 6 aromatic heterocycles. The van der Waals surface area contributed by atoms with Crippen molar-refractivity contribution >= 4 is 89.6 Å². The fourth-order valence-corrected chi connectivity index (χ4v) is 12.7. The number of nitrogen functional groups attached to an aromatic ring is 2. The molecule has 572 valence electrons. The number of hydrogen-bond acceptors (Lipinski definition) is 19. The number of imidazole rings is 5. The Morgan fingerprint density at radius 3 is 1.11 bits per heavy atom. The number of H-pyrrole nitrogens is 5. The van der Waals surface area contributed by atoms with Gasteiger partial charge in [0.25, 0.3) is 0 Å². The van der Waals surface area contributed by atoms with Crippen LogP contribution in [0.1, 0.15) is 69.4 Å². The number of nitrogens with two attached hydrogens (primary N) is 4. The monoisotopic (exact) mass is 1510 g/mol. The van der Waals surface area contributed by atoms with Crippen LogP contribution in [0.4, 0.5) is 22.7 Å². The SMILES string of the molecule is CC.CC.CC.CN.CN.Cc1ccc2c(c1)N=C(c1cc(O)c(-c3nc4ccc(N)cc4[nH]3)cc1O)C2.Nc1ccc2c(c1)CC(c1ccccc1O)=N2.Oc1ccccc1-c1nc2ccc(-c3ccc4nc(-c5ccccc5O)[nH]c4c3)cc2[nH]1.Oc1ccccc1-c1nc2nc3nc(-c4ccccc4O)[nH]c3cc2[nH]1. The van der Waals surface area contributed by atoms with Gasteiger partial charge in [-0.2, -0.15) is 0 Å². The van der Waals surface area contributed by atoms with Crippen molar-refractivity contribution in [3.05, 3.63) is 258 Å². The minimum atomic E-state index is 0.0228. The van der Waals surface area contributed by atoms with Gasteiger partial charge in [-0.25, -0.2) is 29.9 Å². The molecule has 0 aliphatic carbocycles. The summed E-state index contributed by atoms with van der Waals surface area (Å²) in [6.07, 6.45) is 1.34. The van der Waals surface area contributed by atoms with Crippen LogP contribution in [0.15, 0.2) is 241 Å². The fourth-order valence-electron chi connectivity index (χ4n) is 12.7. The van der Waals surface area contributed by atoms with Crippen LogP contribution in [0.3, 0.4) is 0 Å². The summed E-state index contributed by atoms with van der Waals surface area (Å²) in [5, 5.41) is 71.3. The molecule has 0 fully saturated rings. The summed E-state index contributed by atoms with van der Waals surface area (Å²) in [5.74, 6) is 3.84. The number of phenols is 7. The minimum Gasteiger partial charge on any atom is -0.507 e. The van der Waals surface area contributed by atoms with E-state index in [-0.39, 0.29) is 40.2 Å². The zero-order chi connectivity index (χ0) is 80.6. The lowest BCUT2D eigenvalue weighted by atomic mass is 10.0. The standard InChI is InChI=1S/C26H18N4O2.C22H18N4O2.C19H13N5O2.C14H12N2O.3C2H6.2CH5N/c31-23-7-3-1-5-17(23)25-27-19-11-9-15(13-21(19)29-25)16-10-12-20-22(14-16)30-26(28-20)18-6-2-4-8-24(18)32;1-11-2-3-12-7-18(24-17(12)6-11)14-9-21(28)15(10-20(14)27)22-25-16-5-4-13(23)8-19(16)26-22;25-14-7-3-1-5-10(14)16-20-12-9-13-19(24-18(12)22-16)23-17(21-13)11-6-2-4-8-15(11)26;15-10-5-6-12-9(7-10)8-13(16-12)11-3-1-2-4-14(11)17;5*1-2/h1-14,31-32H,(H,27,29)(H,28,30);2-6,8-10,27-28H,7,23H2,1H3,(H,25,26);1-9,25-26H,(H2,20,21,22,23,24);1-7,17H,8,15H2;3*1-2H3;2*2H2,1H3. The van der Waals surface area contributed by atoms with Crippen LogP contribution in [0.2, 0.25) is 0 Å². The van der Waals surface area contributed by atoms with Gasteiger partial charge in [-0.1, -0.05) is 126 Å². The Balaban J connectivity index is 0.000000146. The van der Waals surface area contributed by atoms with E-state index in [1.54, 1.807) is 91.0 Å². The third-order valence-electron chi connectivity index (χ3n) is 17.8. The first-order valence-corrected chi connectivity index (χ1v) is 36.8. The predicted molar refractivity (Wildman–Crippen MR) is 457 cm³/mol.